The molecule has 0 unspecified atom stereocenters. The standard InChI is InChI=1S/C50H70N12O13/c1-5-28(4)41(47(71)58-36(23-31-25-53-26-55-31)48(72)62-20-10-14-38(62)45(69)59-37(49(73)74)22-29-11-7-6-8-12-29)61-44(68)35(21-30-15-17-32(63)18-16-30)57-46(70)40(27(2)3)60-43(67)34(13-9-19-54-50(52)75)56-42(66)33(51)24-39(64)65/h6-8,11-12,15-18,25-28,33-38,40-41,63H,5,9-10,13-14,19-24,51H2,1-4H3,(H,53,55)(H,56,66)(H,57,70)(H,58,71)(H,59,69)(H,60,67)(H,61,68)(H,64,65)(H,73,74)(H3,52,54,75)/t28-,33-,34-,35-,36-,37-,38-,40-,41-/m0/s1. The number of nitrogens with two attached hydrogens (primary N) is 2. The van der Waals surface area contributed by atoms with Crippen LogP contribution in [0.4, 0.5) is 4.79 Å². The molecule has 9 amide bonds. The van der Waals surface area contributed by atoms with Crippen LogP contribution in [0.5, 0.6) is 5.75 Å². The van der Waals surface area contributed by atoms with Crippen molar-refractivity contribution in [2.75, 3.05) is 13.1 Å². The van der Waals surface area contributed by atoms with E-state index in [4.69, 9.17) is 16.6 Å². The minimum absolute atomic E-state index is 0.000726. The predicted octanol–water partition coefficient (Wildman–Crippen LogP) is -0.920. The SMILES string of the molecule is CC[C@H](C)[C@H](NC(=O)[C@H](Cc1ccc(O)cc1)NC(=O)[C@@H](NC(=O)[C@H](CCCNC(N)=O)NC(=O)[C@@H](N)CC(=O)O)C(C)C)C(=O)N[C@@H](Cc1cnc[nH]1)C(=O)N1CCC[C@H]1C(=O)N[C@@H](Cc1ccccc1)C(=O)O. The van der Waals surface area contributed by atoms with Crippen LogP contribution < -0.4 is 48.7 Å². The van der Waals surface area contributed by atoms with E-state index in [1.54, 1.807) is 58.0 Å². The summed E-state index contributed by atoms with van der Waals surface area (Å²) in [5.74, 6) is -9.59. The number of carboxylic acid groups (broad SMARTS) is 2. The van der Waals surface area contributed by atoms with Gasteiger partial charge in [-0.25, -0.2) is 14.6 Å². The Morgan fingerprint density at radius 3 is 1.93 bits per heavy atom. The highest BCUT2D eigenvalue weighted by Gasteiger charge is 2.41. The lowest BCUT2D eigenvalue weighted by Crippen LogP contribution is -2.62. The van der Waals surface area contributed by atoms with Gasteiger partial charge in [0.05, 0.1) is 18.8 Å². The van der Waals surface area contributed by atoms with E-state index in [9.17, 15) is 58.2 Å². The number of carboxylic acids is 2. The number of hydrogen-bond donors (Lipinski definition) is 13. The average molecular weight is 1050 g/mol. The Labute approximate surface area is 433 Å². The normalized spacial score (nSPS) is 16.3. The number of nitrogens with one attached hydrogen (secondary N) is 8. The minimum atomic E-state index is -1.53. The van der Waals surface area contributed by atoms with Crippen LogP contribution in [0.15, 0.2) is 67.1 Å². The largest absolute Gasteiger partial charge is 0.508 e. The summed E-state index contributed by atoms with van der Waals surface area (Å²) in [6.07, 6.45) is 2.74. The van der Waals surface area contributed by atoms with Crippen molar-refractivity contribution in [2.24, 2.45) is 23.3 Å². The van der Waals surface area contributed by atoms with Crippen LogP contribution in [0.1, 0.15) is 83.0 Å². The zero-order valence-electron chi connectivity index (χ0n) is 42.4. The number of phenols is 1. The molecule has 25 heteroatoms. The zero-order chi connectivity index (χ0) is 55.4. The molecule has 0 saturated carbocycles. The van der Waals surface area contributed by atoms with Crippen LogP contribution in [0.3, 0.4) is 0 Å². The van der Waals surface area contributed by atoms with E-state index in [-0.39, 0.29) is 57.4 Å². The number of rotatable bonds is 29. The van der Waals surface area contributed by atoms with E-state index < -0.39 is 126 Å². The Balaban J connectivity index is 1.59. The van der Waals surface area contributed by atoms with Crippen LogP contribution >= 0.6 is 0 Å². The number of urea groups is 1. The molecule has 0 spiro atoms. The zero-order valence-corrected chi connectivity index (χ0v) is 42.4. The molecule has 1 fully saturated rings. The fourth-order valence-electron chi connectivity index (χ4n) is 8.33. The first kappa shape index (κ1) is 59.5. The third-order valence-corrected chi connectivity index (χ3v) is 12.7. The molecule has 4 rings (SSSR count). The summed E-state index contributed by atoms with van der Waals surface area (Å²) in [5, 5.41) is 47.3. The molecule has 9 atom stereocenters. The van der Waals surface area contributed by atoms with Gasteiger partial charge in [0.1, 0.15) is 48.0 Å². The third kappa shape index (κ3) is 18.7. The lowest BCUT2D eigenvalue weighted by Gasteiger charge is -2.32. The number of likely N-dealkylation sites (tertiary alicyclic amines) is 1. The van der Waals surface area contributed by atoms with Gasteiger partial charge >= 0.3 is 18.0 Å². The van der Waals surface area contributed by atoms with E-state index >= 15 is 0 Å². The smallest absolute Gasteiger partial charge is 0.326 e. The molecule has 2 aromatic carbocycles. The molecular formula is C50H70N12O13. The molecule has 1 aromatic heterocycles. The third-order valence-electron chi connectivity index (χ3n) is 12.7. The summed E-state index contributed by atoms with van der Waals surface area (Å²) < 4.78 is 0. The van der Waals surface area contributed by atoms with E-state index in [0.29, 0.717) is 29.7 Å². The number of aromatic nitrogens is 2. The molecule has 408 valence electrons. The van der Waals surface area contributed by atoms with E-state index in [2.05, 4.69) is 47.2 Å². The Bertz CT molecular complexity index is 2440. The molecule has 0 aliphatic carbocycles. The lowest BCUT2D eigenvalue weighted by molar-refractivity contribution is -0.145. The maximum atomic E-state index is 14.6. The van der Waals surface area contributed by atoms with E-state index in [1.807, 2.05) is 0 Å². The van der Waals surface area contributed by atoms with Crippen LogP contribution in [0.2, 0.25) is 0 Å². The van der Waals surface area contributed by atoms with Crippen molar-refractivity contribution in [2.45, 2.75) is 134 Å². The molecule has 15 N–H and O–H groups in total. The summed E-state index contributed by atoms with van der Waals surface area (Å²) in [5.41, 5.74) is 12.5. The lowest BCUT2D eigenvalue weighted by atomic mass is 9.96. The number of imidazole rings is 1. The van der Waals surface area contributed by atoms with Crippen LogP contribution in [0, 0.1) is 11.8 Å². The van der Waals surface area contributed by atoms with Gasteiger partial charge in [0.2, 0.25) is 41.4 Å². The number of aliphatic carboxylic acids is 2. The van der Waals surface area contributed by atoms with Gasteiger partial charge in [-0.1, -0.05) is 76.6 Å². The molecule has 0 radical (unpaired) electrons. The van der Waals surface area contributed by atoms with Crippen molar-refractivity contribution in [1.29, 1.82) is 0 Å². The maximum absolute atomic E-state index is 14.6. The number of hydrogen-bond acceptors (Lipinski definition) is 13. The molecule has 2 heterocycles. The number of carbonyl (C=O) groups is 10. The first-order chi connectivity index (χ1) is 35.6. The van der Waals surface area contributed by atoms with Gasteiger partial charge < -0.3 is 73.9 Å². The fourth-order valence-corrected chi connectivity index (χ4v) is 8.33. The predicted molar refractivity (Wildman–Crippen MR) is 270 cm³/mol. The first-order valence-electron chi connectivity index (χ1n) is 24.7. The quantitative estimate of drug-likeness (QED) is 0.0374. The van der Waals surface area contributed by atoms with Crippen molar-refractivity contribution in [1.82, 2.24) is 52.1 Å². The average Bonchev–Trinajstić information content (AvgIpc) is 4.08. The number of aromatic hydroxyl groups is 1. The topological polar surface area (TPSA) is 400 Å². The Morgan fingerprint density at radius 1 is 0.733 bits per heavy atom. The van der Waals surface area contributed by atoms with Gasteiger partial charge in [-0.15, -0.1) is 0 Å². The maximum Gasteiger partial charge on any atom is 0.326 e. The molecule has 75 heavy (non-hydrogen) atoms. The summed E-state index contributed by atoms with van der Waals surface area (Å²) in [6.45, 7) is 6.79. The number of aromatic amines is 1. The van der Waals surface area contributed by atoms with Crippen LogP contribution in [-0.4, -0.2) is 151 Å². The highest BCUT2D eigenvalue weighted by atomic mass is 16.4. The first-order valence-corrected chi connectivity index (χ1v) is 24.7. The minimum Gasteiger partial charge on any atom is -0.508 e. The van der Waals surface area contributed by atoms with Crippen molar-refractivity contribution >= 4 is 59.3 Å². The van der Waals surface area contributed by atoms with E-state index in [0.717, 1.165) is 0 Å². The van der Waals surface area contributed by atoms with Crippen molar-refractivity contribution in [3.8, 4) is 5.75 Å². The summed E-state index contributed by atoms with van der Waals surface area (Å²) in [4.78, 5) is 141. The van der Waals surface area contributed by atoms with E-state index in [1.165, 1.54) is 41.7 Å². The number of carbonyl (C=O) groups excluding carboxylic acids is 8. The summed E-state index contributed by atoms with van der Waals surface area (Å²) in [6, 6.07) is 2.94. The van der Waals surface area contributed by atoms with Crippen molar-refractivity contribution in [3.63, 3.8) is 0 Å². The number of H-pyrrole nitrogens is 1. The molecular weight excluding hydrogens is 977 g/mol. The van der Waals surface area contributed by atoms with Gasteiger partial charge in [-0.05, 0) is 60.8 Å². The van der Waals surface area contributed by atoms with Crippen molar-refractivity contribution in [3.05, 3.63) is 83.9 Å². The van der Waals surface area contributed by atoms with Gasteiger partial charge in [-0.3, -0.25) is 38.4 Å². The Morgan fingerprint density at radius 2 is 1.33 bits per heavy atom. The highest BCUT2D eigenvalue weighted by Crippen LogP contribution is 2.21. The Kier molecular flexibility index (Phi) is 23.0. The highest BCUT2D eigenvalue weighted by molar-refractivity contribution is 5.98. The second-order valence-corrected chi connectivity index (χ2v) is 18.9. The second-order valence-electron chi connectivity index (χ2n) is 18.9. The molecule has 1 saturated heterocycles. The number of nitrogens with zero attached hydrogens (tertiary/aromatic N) is 2. The monoisotopic (exact) mass is 1050 g/mol. The number of amides is 9. The Hall–Kier alpha value is -8.09. The number of primary amides is 1. The number of benzene rings is 2. The van der Waals surface area contributed by atoms with Gasteiger partial charge in [0.15, 0.2) is 0 Å². The van der Waals surface area contributed by atoms with Crippen molar-refractivity contribution < 1.29 is 63.3 Å². The molecule has 3 aromatic rings. The van der Waals surface area contributed by atoms with Gasteiger partial charge in [0, 0.05) is 44.2 Å². The fraction of sp³-hybridized carbons (Fsp3) is 0.500. The summed E-state index contributed by atoms with van der Waals surface area (Å²) >= 11 is 0. The molecule has 1 aliphatic rings. The van der Waals surface area contributed by atoms with Gasteiger partial charge in [0.25, 0.3) is 0 Å². The van der Waals surface area contributed by atoms with Gasteiger partial charge in [-0.2, -0.15) is 0 Å². The van der Waals surface area contributed by atoms with Crippen LogP contribution in [0.25, 0.3) is 0 Å². The number of phenolic OH excluding ortho intramolecular Hbond substituents is 1. The molecule has 25 nitrogen and oxygen atoms in total. The second kappa shape index (κ2) is 29.0. The van der Waals surface area contributed by atoms with Crippen LogP contribution in [-0.2, 0) is 62.4 Å². The molecule has 0 bridgehead atoms. The summed E-state index contributed by atoms with van der Waals surface area (Å²) in [7, 11) is 0. The molecule has 1 aliphatic heterocycles.